The summed E-state index contributed by atoms with van der Waals surface area (Å²) in [4.78, 5) is 25.6. The number of hydrogen-bond donors (Lipinski definition) is 0. The summed E-state index contributed by atoms with van der Waals surface area (Å²) in [6.45, 7) is 11.5. The summed E-state index contributed by atoms with van der Waals surface area (Å²) in [5.41, 5.74) is 3.09. The molecule has 9 heteroatoms. The van der Waals surface area contributed by atoms with Crippen LogP contribution in [0.15, 0.2) is 29.2 Å². The van der Waals surface area contributed by atoms with Crippen LogP contribution in [0.4, 0.5) is 0 Å². The summed E-state index contributed by atoms with van der Waals surface area (Å²) in [7, 11) is -3.75. The van der Waals surface area contributed by atoms with Gasteiger partial charge in [-0.3, -0.25) is 4.79 Å². The summed E-state index contributed by atoms with van der Waals surface area (Å²) in [5, 5.41) is 0. The largest absolute Gasteiger partial charge is 0.454 e. The lowest BCUT2D eigenvalue weighted by atomic mass is 10.1. The van der Waals surface area contributed by atoms with E-state index in [1.165, 1.54) is 16.4 Å². The Morgan fingerprint density at radius 3 is 2.38 bits per heavy atom. The van der Waals surface area contributed by atoms with Crippen LogP contribution in [0, 0.1) is 26.7 Å². The van der Waals surface area contributed by atoms with Gasteiger partial charge in [0.1, 0.15) is 0 Å². The van der Waals surface area contributed by atoms with Gasteiger partial charge in [-0.25, -0.2) is 13.2 Å². The molecule has 1 fully saturated rings. The van der Waals surface area contributed by atoms with Crippen LogP contribution in [-0.2, 0) is 26.0 Å². The van der Waals surface area contributed by atoms with Crippen molar-refractivity contribution in [3.05, 3.63) is 52.3 Å². The SMILES string of the molecule is Cc1ccc(S(=O)(=O)N2CCOCC2)cc1C(=O)OCC(=O)c1cc(C)n(CCC(C)C)c1C. The Morgan fingerprint density at radius 2 is 1.74 bits per heavy atom. The van der Waals surface area contributed by atoms with Gasteiger partial charge in [-0.1, -0.05) is 19.9 Å². The van der Waals surface area contributed by atoms with Crippen molar-refractivity contribution in [2.45, 2.75) is 52.5 Å². The highest BCUT2D eigenvalue weighted by molar-refractivity contribution is 7.89. The van der Waals surface area contributed by atoms with Crippen LogP contribution in [0.2, 0.25) is 0 Å². The molecule has 0 bridgehead atoms. The highest BCUT2D eigenvalue weighted by Gasteiger charge is 2.28. The van der Waals surface area contributed by atoms with Crippen molar-refractivity contribution in [3.63, 3.8) is 0 Å². The van der Waals surface area contributed by atoms with E-state index in [0.717, 1.165) is 24.4 Å². The number of esters is 1. The minimum atomic E-state index is -3.75. The number of aryl methyl sites for hydroxylation is 2. The number of rotatable bonds is 9. The van der Waals surface area contributed by atoms with Crippen LogP contribution in [0.5, 0.6) is 0 Å². The fourth-order valence-corrected chi connectivity index (χ4v) is 5.45. The number of ether oxygens (including phenoxy) is 2. The Balaban J connectivity index is 1.72. The molecule has 1 aromatic carbocycles. The average molecular weight is 491 g/mol. The van der Waals surface area contributed by atoms with Gasteiger partial charge in [0, 0.05) is 36.6 Å². The second-order valence-electron chi connectivity index (χ2n) is 9.11. The molecular weight excluding hydrogens is 456 g/mol. The molecule has 0 amide bonds. The number of benzene rings is 1. The van der Waals surface area contributed by atoms with Crippen LogP contribution in [-0.4, -0.2) is 62.0 Å². The average Bonchev–Trinajstić information content (AvgIpc) is 3.09. The van der Waals surface area contributed by atoms with Crippen LogP contribution >= 0.6 is 0 Å². The molecule has 1 aliphatic rings. The molecule has 2 heterocycles. The molecule has 0 N–H and O–H groups in total. The van der Waals surface area contributed by atoms with E-state index in [4.69, 9.17) is 9.47 Å². The Bertz CT molecular complexity index is 1160. The van der Waals surface area contributed by atoms with E-state index in [1.54, 1.807) is 13.0 Å². The minimum absolute atomic E-state index is 0.0203. The molecule has 34 heavy (non-hydrogen) atoms. The van der Waals surface area contributed by atoms with Gasteiger partial charge in [0.15, 0.2) is 6.61 Å². The van der Waals surface area contributed by atoms with E-state index in [-0.39, 0.29) is 29.3 Å². The number of aromatic nitrogens is 1. The van der Waals surface area contributed by atoms with Gasteiger partial charge >= 0.3 is 5.97 Å². The number of morpholine rings is 1. The van der Waals surface area contributed by atoms with Crippen molar-refractivity contribution in [3.8, 4) is 0 Å². The standard InChI is InChI=1S/C25H34N2O6S/c1-17(2)8-9-27-19(4)14-23(20(27)5)24(28)16-33-25(29)22-15-21(7-6-18(22)3)34(30,31)26-10-12-32-13-11-26/h6-7,14-15,17H,8-13,16H2,1-5H3. The van der Waals surface area contributed by atoms with Crippen LogP contribution < -0.4 is 0 Å². The lowest BCUT2D eigenvalue weighted by Crippen LogP contribution is -2.40. The maximum atomic E-state index is 13.0. The summed E-state index contributed by atoms with van der Waals surface area (Å²) in [6, 6.07) is 6.21. The minimum Gasteiger partial charge on any atom is -0.454 e. The maximum Gasteiger partial charge on any atom is 0.338 e. The zero-order chi connectivity index (χ0) is 25.0. The first-order chi connectivity index (χ1) is 16.0. The van der Waals surface area contributed by atoms with Crippen LogP contribution in [0.3, 0.4) is 0 Å². The van der Waals surface area contributed by atoms with Gasteiger partial charge in [0.25, 0.3) is 0 Å². The maximum absolute atomic E-state index is 13.0. The second kappa shape index (κ2) is 10.8. The van der Waals surface area contributed by atoms with E-state index in [0.29, 0.717) is 30.3 Å². The zero-order valence-corrected chi connectivity index (χ0v) is 21.4. The third-order valence-electron chi connectivity index (χ3n) is 6.18. The van der Waals surface area contributed by atoms with Gasteiger partial charge in [-0.2, -0.15) is 4.31 Å². The van der Waals surface area contributed by atoms with Crippen molar-refractivity contribution in [2.75, 3.05) is 32.9 Å². The van der Waals surface area contributed by atoms with Crippen molar-refractivity contribution < 1.29 is 27.5 Å². The number of hydrogen-bond acceptors (Lipinski definition) is 6. The van der Waals surface area contributed by atoms with Crippen molar-refractivity contribution >= 4 is 21.8 Å². The summed E-state index contributed by atoms with van der Waals surface area (Å²) in [6.07, 6.45) is 1.00. The predicted octanol–water partition coefficient (Wildman–Crippen LogP) is 3.52. The Kier molecular flexibility index (Phi) is 8.33. The first-order valence-electron chi connectivity index (χ1n) is 11.6. The van der Waals surface area contributed by atoms with Gasteiger partial charge in [0.2, 0.25) is 15.8 Å². The molecule has 1 aliphatic heterocycles. The fraction of sp³-hybridized carbons (Fsp3) is 0.520. The number of carbonyl (C=O) groups is 2. The van der Waals surface area contributed by atoms with E-state index < -0.39 is 22.6 Å². The predicted molar refractivity (Wildman–Crippen MR) is 129 cm³/mol. The molecule has 0 aliphatic carbocycles. The van der Waals surface area contributed by atoms with Crippen molar-refractivity contribution in [2.24, 2.45) is 5.92 Å². The molecule has 1 saturated heterocycles. The fourth-order valence-electron chi connectivity index (χ4n) is 4.02. The first-order valence-corrected chi connectivity index (χ1v) is 13.0. The van der Waals surface area contributed by atoms with Crippen molar-refractivity contribution in [1.29, 1.82) is 0 Å². The van der Waals surface area contributed by atoms with E-state index in [9.17, 15) is 18.0 Å². The summed E-state index contributed by atoms with van der Waals surface area (Å²) in [5.74, 6) is -0.460. The monoisotopic (exact) mass is 490 g/mol. The number of sulfonamides is 1. The molecule has 3 rings (SSSR count). The molecule has 0 radical (unpaired) electrons. The lowest BCUT2D eigenvalue weighted by Gasteiger charge is -2.26. The lowest BCUT2D eigenvalue weighted by molar-refractivity contribution is 0.0473. The first kappa shape index (κ1) is 26.1. The number of carbonyl (C=O) groups excluding carboxylic acids is 2. The third-order valence-corrected chi connectivity index (χ3v) is 8.07. The molecule has 0 spiro atoms. The molecule has 8 nitrogen and oxygen atoms in total. The van der Waals surface area contributed by atoms with E-state index >= 15 is 0 Å². The molecule has 2 aromatic rings. The topological polar surface area (TPSA) is 94.9 Å². The zero-order valence-electron chi connectivity index (χ0n) is 20.6. The highest BCUT2D eigenvalue weighted by Crippen LogP contribution is 2.22. The van der Waals surface area contributed by atoms with Crippen molar-refractivity contribution in [1.82, 2.24) is 8.87 Å². The quantitative estimate of drug-likeness (QED) is 0.394. The summed E-state index contributed by atoms with van der Waals surface area (Å²) >= 11 is 0. The second-order valence-corrected chi connectivity index (χ2v) is 11.0. The Hall–Kier alpha value is -2.49. The van der Waals surface area contributed by atoms with Gasteiger partial charge in [-0.15, -0.1) is 0 Å². The molecule has 0 unspecified atom stereocenters. The van der Waals surface area contributed by atoms with Crippen LogP contribution in [0.1, 0.15) is 57.9 Å². The highest BCUT2D eigenvalue weighted by atomic mass is 32.2. The smallest absolute Gasteiger partial charge is 0.338 e. The van der Waals surface area contributed by atoms with Gasteiger partial charge in [0.05, 0.1) is 23.7 Å². The van der Waals surface area contributed by atoms with Gasteiger partial charge in [-0.05, 0) is 56.9 Å². The van der Waals surface area contributed by atoms with Crippen LogP contribution in [0.25, 0.3) is 0 Å². The molecule has 0 atom stereocenters. The summed E-state index contributed by atoms with van der Waals surface area (Å²) < 4.78 is 39.9. The van der Waals surface area contributed by atoms with E-state index in [1.807, 2.05) is 19.9 Å². The number of Topliss-reactive ketones (excluding diaryl/α,β-unsaturated/α-hetero) is 1. The number of nitrogens with zero attached hydrogens (tertiary/aromatic N) is 2. The third kappa shape index (κ3) is 5.76. The molecule has 1 aromatic heterocycles. The Labute approximate surface area is 201 Å². The van der Waals surface area contributed by atoms with Gasteiger partial charge < -0.3 is 14.0 Å². The Morgan fingerprint density at radius 1 is 1.06 bits per heavy atom. The molecule has 0 saturated carbocycles. The molecule has 186 valence electrons. The van der Waals surface area contributed by atoms with E-state index in [2.05, 4.69) is 18.4 Å². The number of ketones is 1. The normalized spacial score (nSPS) is 15.0. The molecular formula is C25H34N2O6S.